The van der Waals surface area contributed by atoms with Gasteiger partial charge in [0.25, 0.3) is 0 Å². The van der Waals surface area contributed by atoms with Gasteiger partial charge in [-0.1, -0.05) is 18.7 Å². The molecule has 1 fully saturated rings. The van der Waals surface area contributed by atoms with Crippen LogP contribution in [0.2, 0.25) is 0 Å². The summed E-state index contributed by atoms with van der Waals surface area (Å²) >= 11 is 1.21. The summed E-state index contributed by atoms with van der Waals surface area (Å²) in [5.74, 6) is -0.0210. The number of rotatable bonds is 6. The quantitative estimate of drug-likeness (QED) is 0.771. The fourth-order valence-electron chi connectivity index (χ4n) is 1.93. The molecule has 7 nitrogen and oxygen atoms in total. The van der Waals surface area contributed by atoms with E-state index in [1.165, 1.54) is 11.8 Å². The van der Waals surface area contributed by atoms with Gasteiger partial charge in [-0.25, -0.2) is 0 Å². The highest BCUT2D eigenvalue weighted by Gasteiger charge is 2.20. The number of aliphatic carboxylic acids is 1. The minimum Gasteiger partial charge on any atom is -0.481 e. The molecule has 106 valence electrons. The average molecular weight is 286 g/mol. The zero-order valence-corrected chi connectivity index (χ0v) is 11.7. The number of aromatic nitrogens is 3. The molecular weight excluding hydrogens is 268 g/mol. The Morgan fingerprint density at radius 3 is 2.79 bits per heavy atom. The molecular formula is C11H18N4O3S. The molecule has 1 N–H and O–H groups in total. The highest BCUT2D eigenvalue weighted by Crippen LogP contribution is 2.22. The number of morpholine rings is 1. The maximum Gasteiger partial charge on any atom is 0.313 e. The number of ether oxygens (including phenoxy) is 1. The highest BCUT2D eigenvalue weighted by atomic mass is 32.2. The second kappa shape index (κ2) is 6.76. The van der Waals surface area contributed by atoms with Crippen molar-refractivity contribution in [2.24, 2.45) is 0 Å². The monoisotopic (exact) mass is 286 g/mol. The minimum absolute atomic E-state index is 0.00492. The Labute approximate surface area is 115 Å². The van der Waals surface area contributed by atoms with E-state index in [0.717, 1.165) is 32.0 Å². The van der Waals surface area contributed by atoms with Crippen molar-refractivity contribution in [2.75, 3.05) is 37.0 Å². The number of hydrogen-bond donors (Lipinski definition) is 1. The van der Waals surface area contributed by atoms with Crippen LogP contribution in [0.3, 0.4) is 0 Å². The lowest BCUT2D eigenvalue weighted by molar-refractivity contribution is -0.133. The van der Waals surface area contributed by atoms with Crippen LogP contribution in [0.5, 0.6) is 0 Å². The molecule has 0 unspecified atom stereocenters. The Balaban J connectivity index is 2.15. The van der Waals surface area contributed by atoms with Crippen molar-refractivity contribution in [3.05, 3.63) is 0 Å². The number of carboxylic acid groups (broad SMARTS) is 1. The lowest BCUT2D eigenvalue weighted by Crippen LogP contribution is -2.38. The van der Waals surface area contributed by atoms with Gasteiger partial charge >= 0.3 is 5.97 Å². The fourth-order valence-corrected chi connectivity index (χ4v) is 2.61. The normalized spacial score (nSPS) is 15.7. The smallest absolute Gasteiger partial charge is 0.313 e. The highest BCUT2D eigenvalue weighted by molar-refractivity contribution is 7.99. The second-order valence-electron chi connectivity index (χ2n) is 4.22. The van der Waals surface area contributed by atoms with Gasteiger partial charge in [-0.05, 0) is 6.42 Å². The summed E-state index contributed by atoms with van der Waals surface area (Å²) in [5, 5.41) is 17.7. The van der Waals surface area contributed by atoms with Crippen LogP contribution in [-0.4, -0.2) is 57.9 Å². The number of nitrogens with zero attached hydrogens (tertiary/aromatic N) is 4. The molecule has 1 aromatic rings. The van der Waals surface area contributed by atoms with Crippen molar-refractivity contribution < 1.29 is 14.6 Å². The van der Waals surface area contributed by atoms with Crippen LogP contribution in [0.15, 0.2) is 5.16 Å². The summed E-state index contributed by atoms with van der Waals surface area (Å²) < 4.78 is 7.32. The topological polar surface area (TPSA) is 80.5 Å². The number of carbonyl (C=O) groups is 1. The van der Waals surface area contributed by atoms with Crippen molar-refractivity contribution in [3.8, 4) is 0 Å². The second-order valence-corrected chi connectivity index (χ2v) is 5.16. The van der Waals surface area contributed by atoms with Crippen LogP contribution >= 0.6 is 11.8 Å². The predicted octanol–water partition coefficient (Wildman–Crippen LogP) is 0.701. The van der Waals surface area contributed by atoms with Crippen LogP contribution < -0.4 is 4.90 Å². The molecule has 1 saturated heterocycles. The van der Waals surface area contributed by atoms with Crippen molar-refractivity contribution in [1.82, 2.24) is 14.8 Å². The van der Waals surface area contributed by atoms with Crippen LogP contribution in [0.25, 0.3) is 0 Å². The number of carboxylic acids is 1. The third-order valence-electron chi connectivity index (χ3n) is 2.76. The first kappa shape index (κ1) is 14.1. The molecule has 1 aliphatic heterocycles. The largest absolute Gasteiger partial charge is 0.481 e. The number of anilines is 1. The Bertz CT molecular complexity index is 432. The van der Waals surface area contributed by atoms with Crippen LogP contribution in [0, 0.1) is 0 Å². The Morgan fingerprint density at radius 2 is 2.16 bits per heavy atom. The van der Waals surface area contributed by atoms with E-state index < -0.39 is 5.97 Å². The van der Waals surface area contributed by atoms with Gasteiger partial charge in [0, 0.05) is 19.6 Å². The molecule has 2 heterocycles. The molecule has 1 aliphatic rings. The fraction of sp³-hybridized carbons (Fsp3) is 0.727. The molecule has 0 aliphatic carbocycles. The molecule has 0 radical (unpaired) electrons. The minimum atomic E-state index is -0.844. The number of thioether (sulfide) groups is 1. The van der Waals surface area contributed by atoms with Crippen molar-refractivity contribution in [3.63, 3.8) is 0 Å². The maximum absolute atomic E-state index is 10.6. The van der Waals surface area contributed by atoms with Crippen LogP contribution in [0.1, 0.15) is 13.3 Å². The van der Waals surface area contributed by atoms with E-state index in [0.29, 0.717) is 18.4 Å². The van der Waals surface area contributed by atoms with Crippen LogP contribution in [0.4, 0.5) is 5.95 Å². The lowest BCUT2D eigenvalue weighted by atomic mass is 10.4. The molecule has 2 rings (SSSR count). The molecule has 0 amide bonds. The molecule has 0 aromatic carbocycles. The van der Waals surface area contributed by atoms with Crippen LogP contribution in [-0.2, 0) is 16.1 Å². The van der Waals surface area contributed by atoms with E-state index >= 15 is 0 Å². The maximum atomic E-state index is 10.6. The van der Waals surface area contributed by atoms with Gasteiger partial charge in [-0.15, -0.1) is 10.2 Å². The summed E-state index contributed by atoms with van der Waals surface area (Å²) in [6.45, 7) is 5.85. The van der Waals surface area contributed by atoms with Gasteiger partial charge in [-0.2, -0.15) is 0 Å². The van der Waals surface area contributed by atoms with E-state index in [1.54, 1.807) is 0 Å². The lowest BCUT2D eigenvalue weighted by Gasteiger charge is -2.27. The van der Waals surface area contributed by atoms with Gasteiger partial charge in [0.05, 0.1) is 19.0 Å². The standard InChI is InChI=1S/C11H18N4O3S/c1-2-3-15-10(14-4-6-18-7-5-14)12-13-11(15)19-8-9(16)17/h2-8H2,1H3,(H,16,17). The first-order valence-corrected chi connectivity index (χ1v) is 7.31. The first-order chi connectivity index (χ1) is 9.22. The molecule has 0 saturated carbocycles. The molecule has 1 aromatic heterocycles. The Kier molecular flexibility index (Phi) is 5.03. The van der Waals surface area contributed by atoms with Gasteiger partial charge < -0.3 is 14.7 Å². The predicted molar refractivity (Wildman–Crippen MR) is 71.7 cm³/mol. The van der Waals surface area contributed by atoms with E-state index in [-0.39, 0.29) is 5.75 Å². The summed E-state index contributed by atoms with van der Waals surface area (Å²) in [7, 11) is 0. The Morgan fingerprint density at radius 1 is 1.42 bits per heavy atom. The Hall–Kier alpha value is -1.28. The van der Waals surface area contributed by atoms with Crippen molar-refractivity contribution in [1.29, 1.82) is 0 Å². The molecule has 8 heteroatoms. The number of hydrogen-bond acceptors (Lipinski definition) is 6. The molecule has 0 atom stereocenters. The molecule has 0 spiro atoms. The van der Waals surface area contributed by atoms with E-state index in [9.17, 15) is 4.79 Å². The average Bonchev–Trinajstić information content (AvgIpc) is 2.81. The zero-order valence-electron chi connectivity index (χ0n) is 10.9. The summed E-state index contributed by atoms with van der Waals surface area (Å²) in [4.78, 5) is 12.8. The zero-order chi connectivity index (χ0) is 13.7. The third kappa shape index (κ3) is 3.60. The van der Waals surface area contributed by atoms with Gasteiger partial charge in [0.1, 0.15) is 0 Å². The molecule has 0 bridgehead atoms. The van der Waals surface area contributed by atoms with Gasteiger partial charge in [-0.3, -0.25) is 9.36 Å². The third-order valence-corrected chi connectivity index (χ3v) is 3.71. The van der Waals surface area contributed by atoms with Crippen molar-refractivity contribution in [2.45, 2.75) is 25.0 Å². The van der Waals surface area contributed by atoms with Crippen molar-refractivity contribution >= 4 is 23.7 Å². The van der Waals surface area contributed by atoms with E-state index in [1.807, 2.05) is 4.57 Å². The first-order valence-electron chi connectivity index (χ1n) is 6.33. The summed E-state index contributed by atoms with van der Waals surface area (Å²) in [5.41, 5.74) is 0. The van der Waals surface area contributed by atoms with Gasteiger partial charge in [0.15, 0.2) is 5.16 Å². The SMILES string of the molecule is CCCn1c(SCC(=O)O)nnc1N1CCOCC1. The molecule has 19 heavy (non-hydrogen) atoms. The van der Waals surface area contributed by atoms with E-state index in [4.69, 9.17) is 9.84 Å². The van der Waals surface area contributed by atoms with Gasteiger partial charge in [0.2, 0.25) is 5.95 Å². The summed E-state index contributed by atoms with van der Waals surface area (Å²) in [6, 6.07) is 0. The summed E-state index contributed by atoms with van der Waals surface area (Å²) in [6.07, 6.45) is 0.954. The van der Waals surface area contributed by atoms with E-state index in [2.05, 4.69) is 22.0 Å².